The zero-order chi connectivity index (χ0) is 29.8. The second-order valence-electron chi connectivity index (χ2n) is 11.4. The van der Waals surface area contributed by atoms with Crippen LogP contribution in [0.25, 0.3) is 0 Å². The summed E-state index contributed by atoms with van der Waals surface area (Å²) in [5.74, 6) is -1.82. The summed E-state index contributed by atoms with van der Waals surface area (Å²) in [6.45, 7) is 4.49. The number of hydrogen-bond donors (Lipinski definition) is 0. The zero-order valence-corrected chi connectivity index (χ0v) is 30.4. The van der Waals surface area contributed by atoms with Crippen LogP contribution >= 0.6 is 0 Å². The smallest absolute Gasteiger partial charge is 0.550 e. The molecule has 0 radical (unpaired) electrons. The topological polar surface area (TPSA) is 80.3 Å². The maximum Gasteiger partial charge on any atom is 2.00 e. The van der Waals surface area contributed by atoms with Crippen LogP contribution in [-0.2, 0) is 29.1 Å². The Labute approximate surface area is 268 Å². The fourth-order valence-electron chi connectivity index (χ4n) is 4.68. The van der Waals surface area contributed by atoms with Gasteiger partial charge in [-0.25, -0.2) is 0 Å². The van der Waals surface area contributed by atoms with Gasteiger partial charge in [0.1, 0.15) is 0 Å². The number of allylic oxidation sites excluding steroid dienone is 4. The van der Waals surface area contributed by atoms with Crippen LogP contribution in [0.4, 0.5) is 0 Å². The number of aliphatic carboxylic acids is 2. The number of rotatable bonds is 30. The van der Waals surface area contributed by atoms with E-state index in [9.17, 15) is 19.8 Å². The summed E-state index contributed by atoms with van der Waals surface area (Å²) in [4.78, 5) is 20.4. The van der Waals surface area contributed by atoms with Crippen LogP contribution in [-0.4, -0.2) is 11.9 Å². The second kappa shape index (κ2) is 41.2. The number of carbonyl (C=O) groups excluding carboxylic acids is 2. The molecule has 0 bridgehead atoms. The minimum absolute atomic E-state index is 0. The van der Waals surface area contributed by atoms with E-state index >= 15 is 0 Å². The van der Waals surface area contributed by atoms with E-state index in [1.165, 1.54) is 141 Å². The fraction of sp³-hybridized carbons (Fsp3) is 0.833. The molecule has 0 saturated heterocycles. The normalized spacial score (nSPS) is 11.0. The van der Waals surface area contributed by atoms with E-state index in [2.05, 4.69) is 38.2 Å². The first-order valence-electron chi connectivity index (χ1n) is 17.2. The largest absolute Gasteiger partial charge is 2.00 e. The molecule has 41 heavy (non-hydrogen) atoms. The maximum absolute atomic E-state index is 10.2. The van der Waals surface area contributed by atoms with E-state index < -0.39 is 11.9 Å². The van der Waals surface area contributed by atoms with Crippen molar-refractivity contribution >= 4 is 11.9 Å². The molecule has 0 aromatic heterocycles. The Morgan fingerprint density at radius 3 is 0.854 bits per heavy atom. The molecule has 5 heteroatoms. The van der Waals surface area contributed by atoms with Crippen molar-refractivity contribution < 1.29 is 39.3 Å². The van der Waals surface area contributed by atoms with Crippen molar-refractivity contribution in [3.63, 3.8) is 0 Å². The van der Waals surface area contributed by atoms with Crippen LogP contribution in [0.15, 0.2) is 24.3 Å². The molecule has 0 aliphatic heterocycles. The first-order chi connectivity index (χ1) is 19.5. The predicted octanol–water partition coefficient (Wildman–Crippen LogP) is 9.55. The molecule has 0 N–H and O–H groups in total. The van der Waals surface area contributed by atoms with Gasteiger partial charge < -0.3 is 19.8 Å². The van der Waals surface area contributed by atoms with Gasteiger partial charge >= 0.3 is 19.5 Å². The van der Waals surface area contributed by atoms with Crippen molar-refractivity contribution in [3.8, 4) is 0 Å². The Kier molecular flexibility index (Phi) is 44.7. The Morgan fingerprint density at radius 2 is 0.610 bits per heavy atom. The van der Waals surface area contributed by atoms with Crippen LogP contribution in [0.2, 0.25) is 0 Å². The number of carboxylic acids is 2. The number of carboxylic acid groups (broad SMARTS) is 2. The number of unbranched alkanes of at least 4 members (excludes halogenated alkanes) is 22. The summed E-state index contributed by atoms with van der Waals surface area (Å²) >= 11 is 0. The summed E-state index contributed by atoms with van der Waals surface area (Å²) < 4.78 is 0. The molecule has 0 fully saturated rings. The van der Waals surface area contributed by atoms with Gasteiger partial charge in [-0.15, -0.1) is 0 Å². The van der Waals surface area contributed by atoms with Crippen molar-refractivity contribution in [2.75, 3.05) is 0 Å². The Balaban J connectivity index is -0.000000688. The van der Waals surface area contributed by atoms with E-state index in [1.54, 1.807) is 0 Å². The van der Waals surface area contributed by atoms with E-state index in [1.807, 2.05) is 0 Å². The molecular formula is C36H66O4Zn. The molecule has 0 aromatic carbocycles. The minimum atomic E-state index is -0.909. The number of hydrogen-bond acceptors (Lipinski definition) is 4. The van der Waals surface area contributed by atoms with Crippen LogP contribution in [0.1, 0.15) is 194 Å². The minimum Gasteiger partial charge on any atom is -0.550 e. The van der Waals surface area contributed by atoms with E-state index in [0.29, 0.717) is 0 Å². The van der Waals surface area contributed by atoms with Gasteiger partial charge in [0.15, 0.2) is 0 Å². The van der Waals surface area contributed by atoms with E-state index in [0.717, 1.165) is 25.7 Å². The average Bonchev–Trinajstić information content (AvgIpc) is 2.93. The standard InChI is InChI=1S/2C18H34O2.Zn/c2*1-2-3-4-5-6-7-8-9-10-11-12-13-14-15-16-17-18(19)20;/h2*6-7H,2-5,8-17H2,1H3,(H,19,20);/q;;+2/p-2. The molecule has 0 amide bonds. The van der Waals surface area contributed by atoms with Gasteiger partial charge in [0.2, 0.25) is 0 Å². The summed E-state index contributed by atoms with van der Waals surface area (Å²) in [5, 5.41) is 20.4. The molecule has 0 unspecified atom stereocenters. The van der Waals surface area contributed by atoms with Gasteiger partial charge in [0.25, 0.3) is 0 Å². The first-order valence-corrected chi connectivity index (χ1v) is 17.2. The van der Waals surface area contributed by atoms with Gasteiger partial charge in [-0.1, -0.05) is 141 Å². The Hall–Kier alpha value is -0.957. The Morgan fingerprint density at radius 1 is 0.390 bits per heavy atom. The quantitative estimate of drug-likeness (QED) is 0.0451. The third kappa shape index (κ3) is 49.1. The molecule has 4 nitrogen and oxygen atoms in total. The van der Waals surface area contributed by atoms with E-state index in [4.69, 9.17) is 0 Å². The van der Waals surface area contributed by atoms with Gasteiger partial charge in [-0.2, -0.15) is 0 Å². The second-order valence-corrected chi connectivity index (χ2v) is 11.4. The van der Waals surface area contributed by atoms with Crippen LogP contribution in [0.5, 0.6) is 0 Å². The van der Waals surface area contributed by atoms with Gasteiger partial charge in [0.05, 0.1) is 0 Å². The van der Waals surface area contributed by atoms with Gasteiger partial charge in [-0.3, -0.25) is 0 Å². The van der Waals surface area contributed by atoms with Crippen molar-refractivity contribution in [3.05, 3.63) is 24.3 Å². The zero-order valence-electron chi connectivity index (χ0n) is 27.4. The maximum atomic E-state index is 10.2. The molecule has 0 aliphatic carbocycles. The van der Waals surface area contributed by atoms with Gasteiger partial charge in [0, 0.05) is 11.9 Å². The summed E-state index contributed by atoms with van der Waals surface area (Å²) in [6, 6.07) is 0. The molecule has 0 rings (SSSR count). The average molecular weight is 628 g/mol. The molecule has 0 atom stereocenters. The molecule has 0 heterocycles. The van der Waals surface area contributed by atoms with Crippen molar-refractivity contribution in [1.82, 2.24) is 0 Å². The summed E-state index contributed by atoms with van der Waals surface area (Å²) in [5.41, 5.74) is 0. The Bertz CT molecular complexity index is 524. The van der Waals surface area contributed by atoms with Crippen molar-refractivity contribution in [2.24, 2.45) is 0 Å². The molecule has 0 aliphatic rings. The molecule has 0 saturated carbocycles. The SMILES string of the molecule is CCCCCC=CCCCCCCCCCCC(=O)[O-].CCCCCC=CCCCCCCCCCCC(=O)[O-].[Zn+2]. The third-order valence-corrected chi connectivity index (χ3v) is 7.29. The fourth-order valence-corrected chi connectivity index (χ4v) is 4.68. The van der Waals surface area contributed by atoms with Crippen LogP contribution in [0.3, 0.4) is 0 Å². The summed E-state index contributed by atoms with van der Waals surface area (Å²) in [7, 11) is 0. The van der Waals surface area contributed by atoms with Crippen molar-refractivity contribution in [1.29, 1.82) is 0 Å². The molecule has 236 valence electrons. The molecule has 0 spiro atoms. The molecular weight excluding hydrogens is 562 g/mol. The third-order valence-electron chi connectivity index (χ3n) is 7.29. The van der Waals surface area contributed by atoms with Crippen molar-refractivity contribution in [2.45, 2.75) is 194 Å². The monoisotopic (exact) mass is 626 g/mol. The number of carbonyl (C=O) groups is 2. The first kappa shape index (κ1) is 44.5. The van der Waals surface area contributed by atoms with Crippen LogP contribution in [0, 0.1) is 0 Å². The van der Waals surface area contributed by atoms with E-state index in [-0.39, 0.29) is 32.3 Å². The molecule has 0 aromatic rings. The predicted molar refractivity (Wildman–Crippen MR) is 169 cm³/mol. The van der Waals surface area contributed by atoms with Gasteiger partial charge in [-0.05, 0) is 77.0 Å². The van der Waals surface area contributed by atoms with Crippen LogP contribution < -0.4 is 10.2 Å². The summed E-state index contributed by atoms with van der Waals surface area (Å²) in [6.07, 6.45) is 41.8.